The molecule has 2 fully saturated rings. The third-order valence-corrected chi connectivity index (χ3v) is 20.1. The van der Waals surface area contributed by atoms with Gasteiger partial charge in [-0.15, -0.1) is 0 Å². The number of carboxylic acid groups (broad SMARTS) is 1. The minimum Gasteiger partial charge on any atom is -0.494 e. The summed E-state index contributed by atoms with van der Waals surface area (Å²) < 4.78 is 56.8. The molecule has 18 nitrogen and oxygen atoms in total. The molecule has 1 N–H and O–H groups in total. The van der Waals surface area contributed by atoms with Gasteiger partial charge in [-0.05, 0) is 267 Å². The van der Waals surface area contributed by atoms with Crippen LogP contribution in [0, 0.1) is 11.8 Å². The van der Waals surface area contributed by atoms with Crippen molar-refractivity contribution in [3.05, 3.63) is 143 Å². The number of hydrogen-bond acceptors (Lipinski definition) is 17. The smallest absolute Gasteiger partial charge is 0.343 e. The van der Waals surface area contributed by atoms with Crippen molar-refractivity contribution in [1.29, 1.82) is 0 Å². The van der Waals surface area contributed by atoms with Gasteiger partial charge in [0.25, 0.3) is 0 Å². The molecule has 0 amide bonds. The van der Waals surface area contributed by atoms with Crippen molar-refractivity contribution in [2.24, 2.45) is 11.8 Å². The highest BCUT2D eigenvalue weighted by atomic mass is 16.6. The molecule has 0 aromatic heterocycles. The van der Waals surface area contributed by atoms with Gasteiger partial charge in [0.2, 0.25) is 0 Å². The van der Waals surface area contributed by atoms with Crippen LogP contribution in [-0.4, -0.2) is 113 Å². The predicted octanol–water partition coefficient (Wildman–Crippen LogP) is 19.7. The Bertz CT molecular complexity index is 3260. The lowest BCUT2D eigenvalue weighted by atomic mass is 9.77. The highest BCUT2D eigenvalue weighted by molar-refractivity contribution is 5.92. The van der Waals surface area contributed by atoms with E-state index in [1.807, 2.05) is 24.3 Å². The lowest BCUT2D eigenvalue weighted by Gasteiger charge is -2.29. The van der Waals surface area contributed by atoms with Crippen molar-refractivity contribution in [3.63, 3.8) is 0 Å². The van der Waals surface area contributed by atoms with Crippen LogP contribution in [0.5, 0.6) is 34.5 Å². The number of benzene rings is 5. The summed E-state index contributed by atoms with van der Waals surface area (Å²) in [5.41, 5.74) is 3.55. The summed E-state index contributed by atoms with van der Waals surface area (Å²) in [5, 5.41) is 9.89. The number of aromatic carboxylic acids is 1. The number of unbranched alkanes of at least 4 members (excludes halogenated alkanes) is 16. The topological polar surface area (TPSA) is 232 Å². The SMILES string of the molecule is CCCCCC1CCC(c2ccc(OC(=O)c3ccc(OCCCCCCOC(C=O)CC(=O)OCCCCCCOc4ccc(OCCCCCCOC(=O)CC(C=O)OCCCCCCOc5ccc(C(=O)Oc6ccc(C7CCC(CCCCC)CC7)cc6)cc5)c(C(=O)O)c4)cc3)cc2)CC1. The summed E-state index contributed by atoms with van der Waals surface area (Å²) in [6.07, 6.45) is 32.3. The van der Waals surface area contributed by atoms with Crippen LogP contribution in [0.1, 0.15) is 286 Å². The third-order valence-electron chi connectivity index (χ3n) is 20.1. The molecule has 2 aliphatic rings. The van der Waals surface area contributed by atoms with Crippen molar-refractivity contribution in [1.82, 2.24) is 0 Å². The van der Waals surface area contributed by atoms with E-state index in [1.165, 1.54) is 120 Å². The Morgan fingerprint density at radius 3 is 1.10 bits per heavy atom. The summed E-state index contributed by atoms with van der Waals surface area (Å²) in [4.78, 5) is 86.1. The Balaban J connectivity index is 0.613. The van der Waals surface area contributed by atoms with E-state index in [1.54, 1.807) is 60.7 Å². The Morgan fingerprint density at radius 1 is 0.381 bits per heavy atom. The average Bonchev–Trinajstić information content (AvgIpc) is 0.876. The van der Waals surface area contributed by atoms with Crippen LogP contribution >= 0.6 is 0 Å². The maximum absolute atomic E-state index is 12.9. The standard InChI is InChI=1S/C87H118O18/c1-3-5-15-25-66-27-31-68(32-28-66)70-35-47-76(48-36-70)104-86(94)72-39-43-74(44-40-72)96-53-17-7-9-20-56-99-79(64-88)62-83(90)102-59-23-13-11-19-55-98-78-51-52-82(81(61-78)85(92)93)101-58-22-12-14-24-60-103-84(91)63-80(65-89)100-57-21-10-8-18-54-97-75-45-41-73(42-46-75)87(95)105-77-49-37-71(38-50-77)69-33-29-67(30-34-69)26-16-6-4-2/h35-52,61,64-69,79-80H,3-34,53-60,62-63H2,1-2H3,(H,92,93). The van der Waals surface area contributed by atoms with Gasteiger partial charge >= 0.3 is 29.8 Å². The molecule has 2 unspecified atom stereocenters. The monoisotopic (exact) mass is 1450 g/mol. The molecule has 5 aromatic carbocycles. The molecule has 0 bridgehead atoms. The molecule has 105 heavy (non-hydrogen) atoms. The Labute approximate surface area is 624 Å². The summed E-state index contributed by atoms with van der Waals surface area (Å²) in [6.45, 7) is 7.33. The maximum Gasteiger partial charge on any atom is 0.343 e. The van der Waals surface area contributed by atoms with Crippen LogP contribution in [0.4, 0.5) is 0 Å². The summed E-state index contributed by atoms with van der Waals surface area (Å²) in [5.74, 6) is 3.02. The number of carbonyl (C=O) groups excluding carboxylic acids is 6. The van der Waals surface area contributed by atoms with Gasteiger partial charge in [0.05, 0.1) is 63.6 Å². The number of hydrogen-bond donors (Lipinski definition) is 1. The number of rotatable bonds is 55. The van der Waals surface area contributed by atoms with Gasteiger partial charge in [-0.1, -0.05) is 102 Å². The lowest BCUT2D eigenvalue weighted by molar-refractivity contribution is -0.149. The first-order chi connectivity index (χ1) is 51.4. The first kappa shape index (κ1) is 84.2. The lowest BCUT2D eigenvalue weighted by Crippen LogP contribution is -2.21. The Kier molecular flexibility index (Phi) is 40.4. The van der Waals surface area contributed by atoms with Crippen molar-refractivity contribution in [2.45, 2.75) is 256 Å². The van der Waals surface area contributed by atoms with Crippen molar-refractivity contribution in [3.8, 4) is 34.5 Å². The number of carbonyl (C=O) groups is 7. The number of carboxylic acids is 1. The zero-order chi connectivity index (χ0) is 74.3. The predicted molar refractivity (Wildman–Crippen MR) is 405 cm³/mol. The minimum absolute atomic E-state index is 0.00291. The van der Waals surface area contributed by atoms with Gasteiger partial charge in [0.1, 0.15) is 64.8 Å². The largest absolute Gasteiger partial charge is 0.494 e. The van der Waals surface area contributed by atoms with E-state index < -0.39 is 42.1 Å². The summed E-state index contributed by atoms with van der Waals surface area (Å²) in [6, 6.07) is 34.7. The van der Waals surface area contributed by atoms with Crippen LogP contribution in [0.3, 0.4) is 0 Å². The van der Waals surface area contributed by atoms with E-state index >= 15 is 0 Å². The van der Waals surface area contributed by atoms with Gasteiger partial charge in [-0.2, -0.15) is 0 Å². The van der Waals surface area contributed by atoms with Crippen LogP contribution < -0.4 is 28.4 Å². The molecular weight excluding hydrogens is 1330 g/mol. The molecule has 18 heteroatoms. The molecular formula is C87H118O18. The maximum atomic E-state index is 12.9. The number of aldehydes is 2. The van der Waals surface area contributed by atoms with Gasteiger partial charge < -0.3 is 62.1 Å². The number of esters is 4. The van der Waals surface area contributed by atoms with E-state index in [9.17, 15) is 38.7 Å². The third kappa shape index (κ3) is 33.5. The molecule has 2 saturated carbocycles. The van der Waals surface area contributed by atoms with E-state index in [2.05, 4.69) is 38.1 Å². The van der Waals surface area contributed by atoms with Crippen LogP contribution in [0.15, 0.2) is 115 Å². The molecule has 5 aromatic rings. The molecule has 0 aliphatic heterocycles. The van der Waals surface area contributed by atoms with Crippen molar-refractivity contribution in [2.75, 3.05) is 52.9 Å². The van der Waals surface area contributed by atoms with E-state index in [-0.39, 0.29) is 37.4 Å². The Hall–Kier alpha value is -8.09. The normalized spacial score (nSPS) is 16.2. The van der Waals surface area contributed by atoms with Crippen molar-refractivity contribution < 1.29 is 86.0 Å². The molecule has 2 atom stereocenters. The van der Waals surface area contributed by atoms with E-state index in [4.69, 9.17) is 47.4 Å². The van der Waals surface area contributed by atoms with Gasteiger partial charge in [-0.25, -0.2) is 14.4 Å². The fraction of sp³-hybridized carbons (Fsp3) is 0.575. The van der Waals surface area contributed by atoms with Gasteiger partial charge in [0.15, 0.2) is 0 Å². The molecule has 0 heterocycles. The van der Waals surface area contributed by atoms with E-state index in [0.717, 1.165) is 88.9 Å². The second-order valence-corrected chi connectivity index (χ2v) is 28.3. The first-order valence-electron chi connectivity index (χ1n) is 39.6. The zero-order valence-corrected chi connectivity index (χ0v) is 62.7. The van der Waals surface area contributed by atoms with Crippen LogP contribution in [0.2, 0.25) is 0 Å². The summed E-state index contributed by atoms with van der Waals surface area (Å²) >= 11 is 0. The fourth-order valence-corrected chi connectivity index (χ4v) is 13.7. The van der Waals surface area contributed by atoms with E-state index in [0.29, 0.717) is 130 Å². The minimum atomic E-state index is -1.13. The van der Waals surface area contributed by atoms with Gasteiger partial charge in [-0.3, -0.25) is 9.59 Å². The Morgan fingerprint density at radius 2 is 0.724 bits per heavy atom. The van der Waals surface area contributed by atoms with Crippen LogP contribution in [0.25, 0.3) is 0 Å². The highest BCUT2D eigenvalue weighted by Gasteiger charge is 2.25. The molecule has 0 radical (unpaired) electrons. The highest BCUT2D eigenvalue weighted by Crippen LogP contribution is 2.40. The quantitative estimate of drug-likeness (QED) is 0.0165. The second kappa shape index (κ2) is 50.4. The molecule has 574 valence electrons. The van der Waals surface area contributed by atoms with Crippen molar-refractivity contribution >= 4 is 42.4 Å². The molecule has 0 spiro atoms. The average molecular weight is 1450 g/mol. The summed E-state index contributed by atoms with van der Waals surface area (Å²) in [7, 11) is 0. The number of ether oxygens (including phenoxy) is 10. The molecule has 7 rings (SSSR count). The second-order valence-electron chi connectivity index (χ2n) is 28.3. The van der Waals surface area contributed by atoms with Gasteiger partial charge in [0, 0.05) is 13.2 Å². The zero-order valence-electron chi connectivity index (χ0n) is 62.7. The molecule has 2 aliphatic carbocycles. The first-order valence-corrected chi connectivity index (χ1v) is 39.6. The van der Waals surface area contributed by atoms with Crippen LogP contribution in [-0.2, 0) is 38.1 Å². The fourth-order valence-electron chi connectivity index (χ4n) is 13.7. The molecule has 0 saturated heterocycles.